The number of aliphatic hydroxyl groups excluding tert-OH is 3. The van der Waals surface area contributed by atoms with Crippen molar-refractivity contribution >= 4 is 0 Å². The Hall–Kier alpha value is -2.00. The Balaban J connectivity index is 1.43. The highest BCUT2D eigenvalue weighted by atomic mass is 16.5. The van der Waals surface area contributed by atoms with Crippen LogP contribution in [0.25, 0.3) is 0 Å². The van der Waals surface area contributed by atoms with Gasteiger partial charge in [-0.2, -0.15) is 0 Å². The quantitative estimate of drug-likeness (QED) is 0.469. The molecule has 8 heteroatoms. The first-order valence-corrected chi connectivity index (χ1v) is 8.47. The van der Waals surface area contributed by atoms with Crippen molar-refractivity contribution in [3.8, 4) is 5.88 Å². The van der Waals surface area contributed by atoms with Crippen LogP contribution in [0.1, 0.15) is 12.0 Å². The average Bonchev–Trinajstić information content (AvgIpc) is 3.19. The molecule has 25 heavy (non-hydrogen) atoms. The summed E-state index contributed by atoms with van der Waals surface area (Å²) in [4.78, 5) is 0. The topological polar surface area (TPSA) is 113 Å². The summed E-state index contributed by atoms with van der Waals surface area (Å²) in [6.45, 7) is 0.639. The zero-order chi connectivity index (χ0) is 17.6. The van der Waals surface area contributed by atoms with Crippen LogP contribution in [0.4, 0.5) is 0 Å². The maximum atomic E-state index is 9.99. The molecule has 1 aliphatic heterocycles. The standard InChI is InChI=1S/C17H24N4O4/c22-11-14-17(24)16(23)13(18-14)9-21-10-15(19-20-21)25-8-4-7-12-5-2-1-3-6-12/h1-3,5-6,10,13-14,16-18,22-24H,4,7-9,11H2/t13-,14-,16-,17-/m1/s1. The lowest BCUT2D eigenvalue weighted by Crippen LogP contribution is -2.38. The molecule has 1 fully saturated rings. The predicted molar refractivity (Wildman–Crippen MR) is 90.1 cm³/mol. The third kappa shape index (κ3) is 4.55. The fourth-order valence-corrected chi connectivity index (χ4v) is 3.00. The number of hydrogen-bond donors (Lipinski definition) is 4. The molecule has 0 spiro atoms. The molecular weight excluding hydrogens is 324 g/mol. The van der Waals surface area contributed by atoms with Crippen LogP contribution in [-0.2, 0) is 13.0 Å². The summed E-state index contributed by atoms with van der Waals surface area (Å²) in [5.74, 6) is 0.430. The summed E-state index contributed by atoms with van der Waals surface area (Å²) in [5.41, 5.74) is 1.27. The van der Waals surface area contributed by atoms with E-state index < -0.39 is 24.3 Å². The lowest BCUT2D eigenvalue weighted by atomic mass is 10.1. The van der Waals surface area contributed by atoms with Gasteiger partial charge in [-0.05, 0) is 18.4 Å². The van der Waals surface area contributed by atoms with Gasteiger partial charge < -0.3 is 25.4 Å². The number of benzene rings is 1. The zero-order valence-corrected chi connectivity index (χ0v) is 13.9. The molecule has 136 valence electrons. The largest absolute Gasteiger partial charge is 0.475 e. The van der Waals surface area contributed by atoms with E-state index in [4.69, 9.17) is 9.84 Å². The van der Waals surface area contributed by atoms with Crippen molar-refractivity contribution in [2.24, 2.45) is 0 Å². The molecule has 1 aliphatic rings. The first kappa shape index (κ1) is 17.8. The maximum Gasteiger partial charge on any atom is 0.253 e. The van der Waals surface area contributed by atoms with Gasteiger partial charge in [-0.15, -0.1) is 0 Å². The molecule has 0 saturated carbocycles. The van der Waals surface area contributed by atoms with E-state index in [0.717, 1.165) is 12.8 Å². The van der Waals surface area contributed by atoms with Gasteiger partial charge in [0.25, 0.3) is 5.88 Å². The molecule has 0 radical (unpaired) electrons. The molecule has 1 saturated heterocycles. The summed E-state index contributed by atoms with van der Waals surface area (Å²) < 4.78 is 7.15. The van der Waals surface area contributed by atoms with Crippen LogP contribution in [0.3, 0.4) is 0 Å². The van der Waals surface area contributed by atoms with Gasteiger partial charge in [0.1, 0.15) is 0 Å². The second-order valence-corrected chi connectivity index (χ2v) is 6.26. The minimum atomic E-state index is -0.993. The molecule has 1 aromatic heterocycles. The number of aromatic nitrogens is 3. The smallest absolute Gasteiger partial charge is 0.253 e. The highest BCUT2D eigenvalue weighted by Gasteiger charge is 2.40. The lowest BCUT2D eigenvalue weighted by Gasteiger charge is -2.14. The van der Waals surface area contributed by atoms with Crippen LogP contribution < -0.4 is 10.1 Å². The van der Waals surface area contributed by atoms with Crippen molar-refractivity contribution in [1.82, 2.24) is 20.3 Å². The van der Waals surface area contributed by atoms with Crippen LogP contribution in [-0.4, -0.2) is 67.8 Å². The lowest BCUT2D eigenvalue weighted by molar-refractivity contribution is 0.0175. The van der Waals surface area contributed by atoms with Gasteiger partial charge in [-0.3, -0.25) is 0 Å². The molecule has 4 atom stereocenters. The normalized spacial score (nSPS) is 26.0. The van der Waals surface area contributed by atoms with Gasteiger partial charge in [0.15, 0.2) is 0 Å². The van der Waals surface area contributed by atoms with Gasteiger partial charge in [-0.1, -0.05) is 40.6 Å². The van der Waals surface area contributed by atoms with E-state index in [1.165, 1.54) is 5.56 Å². The van der Waals surface area contributed by atoms with Crippen molar-refractivity contribution < 1.29 is 20.1 Å². The Morgan fingerprint density at radius 1 is 1.12 bits per heavy atom. The second-order valence-electron chi connectivity index (χ2n) is 6.26. The number of ether oxygens (including phenoxy) is 1. The third-order valence-corrected chi connectivity index (χ3v) is 4.40. The van der Waals surface area contributed by atoms with Crippen LogP contribution >= 0.6 is 0 Å². The number of rotatable bonds is 8. The molecule has 3 rings (SSSR count). The Morgan fingerprint density at radius 3 is 2.60 bits per heavy atom. The second kappa shape index (κ2) is 8.39. The van der Waals surface area contributed by atoms with E-state index in [-0.39, 0.29) is 6.61 Å². The number of hydrogen-bond acceptors (Lipinski definition) is 7. The zero-order valence-electron chi connectivity index (χ0n) is 13.9. The third-order valence-electron chi connectivity index (χ3n) is 4.40. The summed E-state index contributed by atoms with van der Waals surface area (Å²) in [5, 5.41) is 39.9. The molecule has 0 bridgehead atoms. The number of nitrogens with one attached hydrogen (secondary N) is 1. The van der Waals surface area contributed by atoms with Crippen molar-refractivity contribution in [2.75, 3.05) is 13.2 Å². The number of nitrogens with zero attached hydrogens (tertiary/aromatic N) is 3. The highest BCUT2D eigenvalue weighted by molar-refractivity contribution is 5.14. The molecule has 0 amide bonds. The minimum absolute atomic E-state index is 0.234. The first-order valence-electron chi connectivity index (χ1n) is 8.47. The van der Waals surface area contributed by atoms with E-state index in [1.807, 2.05) is 18.2 Å². The molecular formula is C17H24N4O4. The first-order chi connectivity index (χ1) is 12.2. The van der Waals surface area contributed by atoms with E-state index >= 15 is 0 Å². The summed E-state index contributed by atoms with van der Waals surface area (Å²) in [7, 11) is 0. The predicted octanol–water partition coefficient (Wildman–Crippen LogP) is -0.656. The van der Waals surface area contributed by atoms with Gasteiger partial charge in [0, 0.05) is 0 Å². The summed E-state index contributed by atoms with van der Waals surface area (Å²) >= 11 is 0. The monoisotopic (exact) mass is 348 g/mol. The molecule has 8 nitrogen and oxygen atoms in total. The SMILES string of the molecule is OC[C@H]1N[C@H](Cn2cc(OCCCc3ccccc3)nn2)[C@@H](O)[C@@H]1O. The molecule has 0 aliphatic carbocycles. The molecule has 2 aromatic rings. The average molecular weight is 348 g/mol. The maximum absolute atomic E-state index is 9.99. The molecule has 0 unspecified atom stereocenters. The van der Waals surface area contributed by atoms with Crippen molar-refractivity contribution in [3.05, 3.63) is 42.1 Å². The number of aryl methyl sites for hydroxylation is 1. The molecule has 4 N–H and O–H groups in total. The Labute approximate surface area is 146 Å². The van der Waals surface area contributed by atoms with Crippen molar-refractivity contribution in [3.63, 3.8) is 0 Å². The Kier molecular flexibility index (Phi) is 5.98. The summed E-state index contributed by atoms with van der Waals surface area (Å²) in [6, 6.07) is 9.28. The van der Waals surface area contributed by atoms with Gasteiger partial charge in [0.05, 0.1) is 50.2 Å². The molecule has 2 heterocycles. The van der Waals surface area contributed by atoms with Gasteiger partial charge in [0.2, 0.25) is 0 Å². The van der Waals surface area contributed by atoms with Gasteiger partial charge in [-0.25, -0.2) is 4.68 Å². The summed E-state index contributed by atoms with van der Waals surface area (Å²) in [6.07, 6.45) is 1.52. The van der Waals surface area contributed by atoms with Crippen LogP contribution in [0.15, 0.2) is 36.5 Å². The van der Waals surface area contributed by atoms with E-state index in [1.54, 1.807) is 10.9 Å². The van der Waals surface area contributed by atoms with Crippen LogP contribution in [0.2, 0.25) is 0 Å². The van der Waals surface area contributed by atoms with Crippen molar-refractivity contribution in [2.45, 2.75) is 43.7 Å². The highest BCUT2D eigenvalue weighted by Crippen LogP contribution is 2.16. The van der Waals surface area contributed by atoms with E-state index in [2.05, 4.69) is 27.8 Å². The van der Waals surface area contributed by atoms with Crippen molar-refractivity contribution in [1.29, 1.82) is 0 Å². The van der Waals surface area contributed by atoms with E-state index in [9.17, 15) is 10.2 Å². The van der Waals surface area contributed by atoms with Crippen LogP contribution in [0.5, 0.6) is 5.88 Å². The number of aliphatic hydroxyl groups is 3. The fraction of sp³-hybridized carbons (Fsp3) is 0.529. The Morgan fingerprint density at radius 2 is 1.88 bits per heavy atom. The Bertz CT molecular complexity index is 651. The molecule has 1 aromatic carbocycles. The fourth-order valence-electron chi connectivity index (χ4n) is 3.00. The van der Waals surface area contributed by atoms with Crippen LogP contribution in [0, 0.1) is 0 Å². The van der Waals surface area contributed by atoms with E-state index in [0.29, 0.717) is 19.0 Å². The van der Waals surface area contributed by atoms with Gasteiger partial charge >= 0.3 is 0 Å². The minimum Gasteiger partial charge on any atom is -0.475 e.